The fourth-order valence-electron chi connectivity index (χ4n) is 1.55. The van der Waals surface area contributed by atoms with Gasteiger partial charge in [-0.2, -0.15) is 0 Å². The van der Waals surface area contributed by atoms with Crippen molar-refractivity contribution >= 4 is 0 Å². The molecule has 1 rings (SSSR count). The van der Waals surface area contributed by atoms with Crippen LogP contribution in [0.25, 0.3) is 0 Å². The molecular weight excluding hydrogens is 132 g/mol. The molecule has 62 valence electrons. The molecule has 0 spiro atoms. The first-order valence-corrected chi connectivity index (χ1v) is 4.44. The summed E-state index contributed by atoms with van der Waals surface area (Å²) in [7, 11) is 0. The first-order valence-electron chi connectivity index (χ1n) is 4.44. The van der Waals surface area contributed by atoms with Gasteiger partial charge in [-0.15, -0.1) is 0 Å². The molecule has 0 fully saturated rings. The molecule has 0 saturated carbocycles. The van der Waals surface area contributed by atoms with Crippen LogP contribution < -0.4 is 0 Å². The van der Waals surface area contributed by atoms with Crippen LogP contribution in [0.15, 0.2) is 23.3 Å². The Morgan fingerprint density at radius 1 is 1.45 bits per heavy atom. The van der Waals surface area contributed by atoms with E-state index in [4.69, 9.17) is 0 Å². The van der Waals surface area contributed by atoms with Gasteiger partial charge in [0, 0.05) is 0 Å². The van der Waals surface area contributed by atoms with Crippen LogP contribution in [0.4, 0.5) is 0 Å². The molecule has 1 aliphatic carbocycles. The van der Waals surface area contributed by atoms with Gasteiger partial charge in [0.2, 0.25) is 0 Å². The summed E-state index contributed by atoms with van der Waals surface area (Å²) in [6.07, 6.45) is 7.13. The second kappa shape index (κ2) is 2.84. The molecular formula is C11H18. The molecule has 0 heterocycles. The van der Waals surface area contributed by atoms with Crippen LogP contribution in [-0.4, -0.2) is 0 Å². The SMILES string of the molecule is CCC1(C)CC=C(C)C=C1C. The second-order valence-corrected chi connectivity index (χ2v) is 3.89. The van der Waals surface area contributed by atoms with E-state index in [9.17, 15) is 0 Å². The summed E-state index contributed by atoms with van der Waals surface area (Å²) in [6, 6.07) is 0. The lowest BCUT2D eigenvalue weighted by Gasteiger charge is -2.31. The molecule has 0 bridgehead atoms. The summed E-state index contributed by atoms with van der Waals surface area (Å²) in [5, 5.41) is 0. The van der Waals surface area contributed by atoms with Crippen molar-refractivity contribution in [1.82, 2.24) is 0 Å². The fraction of sp³-hybridized carbons (Fsp3) is 0.636. The summed E-state index contributed by atoms with van der Waals surface area (Å²) in [6.45, 7) is 9.05. The van der Waals surface area contributed by atoms with Crippen LogP contribution in [0.5, 0.6) is 0 Å². The van der Waals surface area contributed by atoms with Crippen LogP contribution in [0.3, 0.4) is 0 Å². The van der Waals surface area contributed by atoms with E-state index in [1.54, 1.807) is 5.57 Å². The van der Waals surface area contributed by atoms with E-state index in [-0.39, 0.29) is 0 Å². The maximum absolute atomic E-state index is 2.35. The maximum atomic E-state index is 2.35. The van der Waals surface area contributed by atoms with Gasteiger partial charge in [0.15, 0.2) is 0 Å². The van der Waals surface area contributed by atoms with Gasteiger partial charge in [-0.25, -0.2) is 0 Å². The highest BCUT2D eigenvalue weighted by molar-refractivity contribution is 5.30. The standard InChI is InChI=1S/C11H18/c1-5-11(4)7-6-9(2)8-10(11)3/h6,8H,5,7H2,1-4H3. The number of hydrogen-bond donors (Lipinski definition) is 0. The average molecular weight is 150 g/mol. The van der Waals surface area contributed by atoms with Gasteiger partial charge in [-0.1, -0.05) is 37.1 Å². The Morgan fingerprint density at radius 2 is 2.09 bits per heavy atom. The summed E-state index contributed by atoms with van der Waals surface area (Å²) in [5.74, 6) is 0. The van der Waals surface area contributed by atoms with Crippen molar-refractivity contribution in [2.75, 3.05) is 0 Å². The molecule has 0 N–H and O–H groups in total. The van der Waals surface area contributed by atoms with Crippen molar-refractivity contribution in [2.24, 2.45) is 5.41 Å². The summed E-state index contributed by atoms with van der Waals surface area (Å²) < 4.78 is 0. The van der Waals surface area contributed by atoms with E-state index in [0.29, 0.717) is 5.41 Å². The maximum Gasteiger partial charge on any atom is -0.00839 e. The predicted molar refractivity (Wildman–Crippen MR) is 50.5 cm³/mol. The molecule has 0 nitrogen and oxygen atoms in total. The molecule has 1 aliphatic rings. The Balaban J connectivity index is 2.87. The Kier molecular flexibility index (Phi) is 2.22. The minimum Gasteiger partial charge on any atom is -0.0807 e. The largest absolute Gasteiger partial charge is 0.0807 e. The van der Waals surface area contributed by atoms with Gasteiger partial charge in [0.05, 0.1) is 0 Å². The number of allylic oxidation sites excluding steroid dienone is 4. The molecule has 0 aromatic heterocycles. The highest BCUT2D eigenvalue weighted by Gasteiger charge is 2.24. The minimum absolute atomic E-state index is 0.444. The monoisotopic (exact) mass is 150 g/mol. The lowest BCUT2D eigenvalue weighted by molar-refractivity contribution is 0.382. The van der Waals surface area contributed by atoms with Crippen LogP contribution in [-0.2, 0) is 0 Å². The molecule has 0 aromatic carbocycles. The molecule has 11 heavy (non-hydrogen) atoms. The molecule has 0 aromatic rings. The highest BCUT2D eigenvalue weighted by Crippen LogP contribution is 2.38. The van der Waals surface area contributed by atoms with E-state index in [2.05, 4.69) is 39.8 Å². The Hall–Kier alpha value is -0.520. The fourth-order valence-corrected chi connectivity index (χ4v) is 1.55. The van der Waals surface area contributed by atoms with Crippen molar-refractivity contribution in [3.63, 3.8) is 0 Å². The molecule has 1 atom stereocenters. The van der Waals surface area contributed by atoms with Gasteiger partial charge in [0.25, 0.3) is 0 Å². The zero-order valence-corrected chi connectivity index (χ0v) is 8.07. The Morgan fingerprint density at radius 3 is 2.55 bits per heavy atom. The Bertz CT molecular complexity index is 208. The highest BCUT2D eigenvalue weighted by atomic mass is 14.3. The molecule has 0 saturated heterocycles. The van der Waals surface area contributed by atoms with Gasteiger partial charge in [0.1, 0.15) is 0 Å². The van der Waals surface area contributed by atoms with Crippen molar-refractivity contribution < 1.29 is 0 Å². The van der Waals surface area contributed by atoms with Gasteiger partial charge >= 0.3 is 0 Å². The smallest absolute Gasteiger partial charge is 0.00839 e. The zero-order valence-electron chi connectivity index (χ0n) is 8.07. The van der Waals surface area contributed by atoms with E-state index < -0.39 is 0 Å². The van der Waals surface area contributed by atoms with E-state index in [1.165, 1.54) is 18.4 Å². The molecule has 0 heteroatoms. The van der Waals surface area contributed by atoms with Crippen LogP contribution in [0, 0.1) is 5.41 Å². The van der Waals surface area contributed by atoms with Crippen LogP contribution in [0.2, 0.25) is 0 Å². The van der Waals surface area contributed by atoms with Crippen LogP contribution >= 0.6 is 0 Å². The first-order chi connectivity index (χ1) is 5.08. The van der Waals surface area contributed by atoms with Gasteiger partial charge in [-0.3, -0.25) is 0 Å². The summed E-state index contributed by atoms with van der Waals surface area (Å²) in [5.41, 5.74) is 3.41. The minimum atomic E-state index is 0.444. The molecule has 1 unspecified atom stereocenters. The Labute approximate surface area is 70.0 Å². The van der Waals surface area contributed by atoms with Gasteiger partial charge in [-0.05, 0) is 32.1 Å². The van der Waals surface area contributed by atoms with E-state index in [0.717, 1.165) is 0 Å². The lowest BCUT2D eigenvalue weighted by Crippen LogP contribution is -2.18. The second-order valence-electron chi connectivity index (χ2n) is 3.89. The molecule has 0 radical (unpaired) electrons. The third-order valence-electron chi connectivity index (χ3n) is 3.05. The van der Waals surface area contributed by atoms with Crippen molar-refractivity contribution in [1.29, 1.82) is 0 Å². The van der Waals surface area contributed by atoms with Crippen molar-refractivity contribution in [2.45, 2.75) is 40.5 Å². The average Bonchev–Trinajstić information content (AvgIpc) is 1.98. The van der Waals surface area contributed by atoms with E-state index >= 15 is 0 Å². The first kappa shape index (κ1) is 8.58. The van der Waals surface area contributed by atoms with Gasteiger partial charge < -0.3 is 0 Å². The summed E-state index contributed by atoms with van der Waals surface area (Å²) in [4.78, 5) is 0. The molecule has 0 aliphatic heterocycles. The summed E-state index contributed by atoms with van der Waals surface area (Å²) >= 11 is 0. The third kappa shape index (κ3) is 1.55. The normalized spacial score (nSPS) is 31.3. The number of hydrogen-bond acceptors (Lipinski definition) is 0. The lowest BCUT2D eigenvalue weighted by atomic mass is 9.74. The van der Waals surface area contributed by atoms with Crippen LogP contribution in [0.1, 0.15) is 40.5 Å². The topological polar surface area (TPSA) is 0 Å². The zero-order chi connectivity index (χ0) is 8.48. The number of rotatable bonds is 1. The quantitative estimate of drug-likeness (QED) is 0.534. The van der Waals surface area contributed by atoms with E-state index in [1.807, 2.05) is 0 Å². The van der Waals surface area contributed by atoms with Crippen molar-refractivity contribution in [3.05, 3.63) is 23.3 Å². The van der Waals surface area contributed by atoms with Crippen molar-refractivity contribution in [3.8, 4) is 0 Å². The third-order valence-corrected chi connectivity index (χ3v) is 3.05. The molecule has 0 amide bonds. The predicted octanol–water partition coefficient (Wildman–Crippen LogP) is 3.70.